The molecule has 102 valence electrons. The van der Waals surface area contributed by atoms with E-state index in [0.29, 0.717) is 17.4 Å². The van der Waals surface area contributed by atoms with Crippen molar-refractivity contribution in [3.8, 4) is 5.75 Å². The fourth-order valence-corrected chi connectivity index (χ4v) is 1.72. The van der Waals surface area contributed by atoms with Crippen molar-refractivity contribution in [1.29, 1.82) is 0 Å². The van der Waals surface area contributed by atoms with Crippen LogP contribution < -0.4 is 21.3 Å². The van der Waals surface area contributed by atoms with Crippen LogP contribution in [-0.4, -0.2) is 26.9 Å². The normalized spacial score (nSPS) is 12.0. The zero-order chi connectivity index (χ0) is 13.8. The molecule has 4 N–H and O–H groups in total. The van der Waals surface area contributed by atoms with Crippen LogP contribution in [0.15, 0.2) is 18.7 Å². The van der Waals surface area contributed by atoms with Crippen molar-refractivity contribution < 1.29 is 4.74 Å². The maximum Gasteiger partial charge on any atom is 0.205 e. The molecule has 0 spiro atoms. The van der Waals surface area contributed by atoms with Gasteiger partial charge in [-0.1, -0.05) is 0 Å². The number of anilines is 2. The maximum atomic E-state index is 5.38. The van der Waals surface area contributed by atoms with Gasteiger partial charge in [-0.05, 0) is 6.92 Å². The summed E-state index contributed by atoms with van der Waals surface area (Å²) in [6.07, 6.45) is 5.15. The molecule has 0 fully saturated rings. The number of hydrazine groups is 1. The summed E-state index contributed by atoms with van der Waals surface area (Å²) in [5.41, 5.74) is 3.52. The zero-order valence-corrected chi connectivity index (χ0v) is 11.1. The number of methoxy groups -OCH3 is 1. The molecule has 0 saturated carbocycles. The Morgan fingerprint density at radius 3 is 2.68 bits per heavy atom. The van der Waals surface area contributed by atoms with E-state index in [2.05, 4.69) is 25.8 Å². The second kappa shape index (κ2) is 5.53. The van der Waals surface area contributed by atoms with E-state index >= 15 is 0 Å². The molecule has 2 rings (SSSR count). The van der Waals surface area contributed by atoms with Gasteiger partial charge in [0.15, 0.2) is 11.6 Å². The lowest BCUT2D eigenvalue weighted by molar-refractivity contribution is 0.414. The summed E-state index contributed by atoms with van der Waals surface area (Å²) in [6.45, 7) is 2.01. The molecular weight excluding hydrogens is 246 g/mol. The SMILES string of the molecule is COc1c(NN)ncnc1NC(C)c1cnn(C)c1. The van der Waals surface area contributed by atoms with Gasteiger partial charge in [0, 0.05) is 18.8 Å². The summed E-state index contributed by atoms with van der Waals surface area (Å²) in [5.74, 6) is 6.85. The Bertz CT molecular complexity index is 554. The van der Waals surface area contributed by atoms with Crippen LogP contribution in [0.4, 0.5) is 11.6 Å². The van der Waals surface area contributed by atoms with E-state index in [0.717, 1.165) is 5.56 Å². The van der Waals surface area contributed by atoms with Crippen LogP contribution >= 0.6 is 0 Å². The first-order chi connectivity index (χ1) is 9.15. The molecule has 0 amide bonds. The third kappa shape index (κ3) is 2.74. The summed E-state index contributed by atoms with van der Waals surface area (Å²) in [5, 5.41) is 7.38. The van der Waals surface area contributed by atoms with Crippen molar-refractivity contribution in [2.75, 3.05) is 17.9 Å². The van der Waals surface area contributed by atoms with Gasteiger partial charge >= 0.3 is 0 Å². The van der Waals surface area contributed by atoms with Crippen molar-refractivity contribution in [2.45, 2.75) is 13.0 Å². The fraction of sp³-hybridized carbons (Fsp3) is 0.364. The largest absolute Gasteiger partial charge is 0.490 e. The highest BCUT2D eigenvalue weighted by Crippen LogP contribution is 2.30. The first-order valence-corrected chi connectivity index (χ1v) is 5.76. The van der Waals surface area contributed by atoms with E-state index in [-0.39, 0.29) is 6.04 Å². The van der Waals surface area contributed by atoms with Gasteiger partial charge in [-0.15, -0.1) is 0 Å². The second-order valence-electron chi connectivity index (χ2n) is 4.06. The number of nitrogens with two attached hydrogens (primary N) is 1. The highest BCUT2D eigenvalue weighted by Gasteiger charge is 2.15. The van der Waals surface area contributed by atoms with Gasteiger partial charge < -0.3 is 15.5 Å². The molecule has 2 aromatic rings. The van der Waals surface area contributed by atoms with E-state index in [9.17, 15) is 0 Å². The molecule has 0 aromatic carbocycles. The number of nitrogen functional groups attached to an aromatic ring is 1. The average molecular weight is 263 g/mol. The van der Waals surface area contributed by atoms with Crippen molar-refractivity contribution in [3.05, 3.63) is 24.3 Å². The van der Waals surface area contributed by atoms with E-state index < -0.39 is 0 Å². The Hall–Kier alpha value is -2.35. The maximum absolute atomic E-state index is 5.38. The minimum absolute atomic E-state index is 0.0307. The number of aryl methyl sites for hydroxylation is 1. The molecule has 8 nitrogen and oxygen atoms in total. The van der Waals surface area contributed by atoms with E-state index in [1.165, 1.54) is 6.33 Å². The Morgan fingerprint density at radius 2 is 2.11 bits per heavy atom. The van der Waals surface area contributed by atoms with Crippen LogP contribution in [0.3, 0.4) is 0 Å². The molecule has 0 bridgehead atoms. The quantitative estimate of drug-likeness (QED) is 0.538. The van der Waals surface area contributed by atoms with Crippen LogP contribution in [0.1, 0.15) is 18.5 Å². The van der Waals surface area contributed by atoms with E-state index in [1.54, 1.807) is 18.0 Å². The number of nitrogens with zero attached hydrogens (tertiary/aromatic N) is 4. The van der Waals surface area contributed by atoms with Crippen LogP contribution in [0, 0.1) is 0 Å². The van der Waals surface area contributed by atoms with Gasteiger partial charge in [0.1, 0.15) is 6.33 Å². The molecule has 19 heavy (non-hydrogen) atoms. The average Bonchev–Trinajstić information content (AvgIpc) is 2.85. The van der Waals surface area contributed by atoms with E-state index in [4.69, 9.17) is 10.6 Å². The Kier molecular flexibility index (Phi) is 3.81. The number of rotatable bonds is 5. The van der Waals surface area contributed by atoms with Crippen molar-refractivity contribution in [2.24, 2.45) is 12.9 Å². The van der Waals surface area contributed by atoms with Crippen molar-refractivity contribution >= 4 is 11.6 Å². The topological polar surface area (TPSA) is 103 Å². The molecule has 0 aliphatic rings. The number of ether oxygens (including phenoxy) is 1. The molecule has 0 aliphatic carbocycles. The van der Waals surface area contributed by atoms with Crippen molar-refractivity contribution in [1.82, 2.24) is 19.7 Å². The smallest absolute Gasteiger partial charge is 0.205 e. The number of hydrogen-bond acceptors (Lipinski definition) is 7. The molecule has 0 radical (unpaired) electrons. The summed E-state index contributed by atoms with van der Waals surface area (Å²) in [7, 11) is 3.41. The molecule has 0 saturated heterocycles. The lowest BCUT2D eigenvalue weighted by Gasteiger charge is -2.16. The number of nitrogens with one attached hydrogen (secondary N) is 2. The van der Waals surface area contributed by atoms with Crippen LogP contribution in [0.2, 0.25) is 0 Å². The minimum Gasteiger partial charge on any atom is -0.490 e. The first kappa shape index (κ1) is 13.1. The Morgan fingerprint density at radius 1 is 1.37 bits per heavy atom. The Balaban J connectivity index is 2.23. The van der Waals surface area contributed by atoms with Gasteiger partial charge in [0.25, 0.3) is 0 Å². The van der Waals surface area contributed by atoms with E-state index in [1.807, 2.05) is 20.2 Å². The highest BCUT2D eigenvalue weighted by atomic mass is 16.5. The molecule has 1 atom stereocenters. The summed E-state index contributed by atoms with van der Waals surface area (Å²) in [6, 6.07) is 0.0307. The van der Waals surface area contributed by atoms with Gasteiger partial charge in [0.2, 0.25) is 5.75 Å². The second-order valence-corrected chi connectivity index (χ2v) is 4.06. The summed E-state index contributed by atoms with van der Waals surface area (Å²) in [4.78, 5) is 8.14. The lowest BCUT2D eigenvalue weighted by atomic mass is 10.2. The monoisotopic (exact) mass is 263 g/mol. The molecule has 2 aromatic heterocycles. The molecule has 2 heterocycles. The third-order valence-corrected chi connectivity index (χ3v) is 2.72. The van der Waals surface area contributed by atoms with Crippen LogP contribution in [0.5, 0.6) is 5.75 Å². The molecular formula is C11H17N7O. The highest BCUT2D eigenvalue weighted by molar-refractivity contribution is 5.63. The van der Waals surface area contributed by atoms with Gasteiger partial charge in [-0.25, -0.2) is 15.8 Å². The number of hydrogen-bond donors (Lipinski definition) is 3. The molecule has 8 heteroatoms. The third-order valence-electron chi connectivity index (χ3n) is 2.72. The van der Waals surface area contributed by atoms with Crippen LogP contribution in [0.25, 0.3) is 0 Å². The Labute approximate surface area is 111 Å². The lowest BCUT2D eigenvalue weighted by Crippen LogP contribution is -2.14. The first-order valence-electron chi connectivity index (χ1n) is 5.76. The fourth-order valence-electron chi connectivity index (χ4n) is 1.72. The van der Waals surface area contributed by atoms with Gasteiger partial charge in [0.05, 0.1) is 19.3 Å². The molecule has 1 unspecified atom stereocenters. The van der Waals surface area contributed by atoms with Gasteiger partial charge in [-0.3, -0.25) is 4.68 Å². The predicted octanol–water partition coefficient (Wildman–Crippen LogP) is 0.677. The minimum atomic E-state index is 0.0307. The summed E-state index contributed by atoms with van der Waals surface area (Å²) >= 11 is 0. The zero-order valence-electron chi connectivity index (χ0n) is 11.1. The standard InChI is InChI=1S/C11H17N7O/c1-7(8-4-15-18(2)5-8)16-10-9(19-3)11(17-12)14-6-13-10/h4-7H,12H2,1-3H3,(H2,13,14,16,17). The van der Waals surface area contributed by atoms with Crippen molar-refractivity contribution in [3.63, 3.8) is 0 Å². The van der Waals surface area contributed by atoms with Gasteiger partial charge in [-0.2, -0.15) is 5.10 Å². The predicted molar refractivity (Wildman–Crippen MR) is 71.6 cm³/mol. The number of aromatic nitrogens is 4. The summed E-state index contributed by atoms with van der Waals surface area (Å²) < 4.78 is 7.01. The molecule has 0 aliphatic heterocycles. The van der Waals surface area contributed by atoms with Crippen LogP contribution in [-0.2, 0) is 7.05 Å².